The molecule has 1 aromatic heterocycles. The minimum atomic E-state index is -1.02. The van der Waals surface area contributed by atoms with Crippen LogP contribution in [0, 0.1) is 0 Å². The predicted octanol–water partition coefficient (Wildman–Crippen LogP) is 1.18. The van der Waals surface area contributed by atoms with E-state index in [2.05, 4.69) is 4.98 Å². The summed E-state index contributed by atoms with van der Waals surface area (Å²) in [5.41, 5.74) is 4.55. The summed E-state index contributed by atoms with van der Waals surface area (Å²) in [6.45, 7) is 0. The van der Waals surface area contributed by atoms with E-state index in [1.165, 1.54) is 0 Å². The molecule has 14 heavy (non-hydrogen) atoms. The van der Waals surface area contributed by atoms with E-state index < -0.39 is 5.67 Å². The average molecular weight is 197 g/mol. The molecule has 78 valence electrons. The zero-order valence-electron chi connectivity index (χ0n) is 8.41. The van der Waals surface area contributed by atoms with Crippen molar-refractivity contribution in [1.29, 1.82) is 0 Å². The number of alkyl halides is 1. The predicted molar refractivity (Wildman–Crippen MR) is 52.6 cm³/mol. The standard InChI is InChI=1S/C10H16FN3/c1-14-5-4-13-9(14)2-3-10(11)6-8(12)7-10/h4-5,8H,2-3,6-7,12H2,1H3. The summed E-state index contributed by atoms with van der Waals surface area (Å²) in [5.74, 6) is 0.947. The molecule has 4 heteroatoms. The van der Waals surface area contributed by atoms with Crippen LogP contribution < -0.4 is 5.73 Å². The third-order valence-electron chi connectivity index (χ3n) is 2.97. The lowest BCUT2D eigenvalue weighted by Gasteiger charge is -2.39. The average Bonchev–Trinajstić information content (AvgIpc) is 2.45. The number of nitrogens with two attached hydrogens (primary N) is 1. The molecule has 2 N–H and O–H groups in total. The van der Waals surface area contributed by atoms with Gasteiger partial charge >= 0.3 is 0 Å². The van der Waals surface area contributed by atoms with Crippen LogP contribution in [0.15, 0.2) is 12.4 Å². The van der Waals surface area contributed by atoms with Crippen LogP contribution in [0.1, 0.15) is 25.1 Å². The fraction of sp³-hybridized carbons (Fsp3) is 0.700. The molecular weight excluding hydrogens is 181 g/mol. The van der Waals surface area contributed by atoms with E-state index in [1.54, 1.807) is 6.20 Å². The van der Waals surface area contributed by atoms with Gasteiger partial charge in [0, 0.05) is 31.9 Å². The van der Waals surface area contributed by atoms with E-state index in [-0.39, 0.29) is 6.04 Å². The molecule has 2 rings (SSSR count). The van der Waals surface area contributed by atoms with Crippen LogP contribution in [-0.2, 0) is 13.5 Å². The number of aromatic nitrogens is 2. The molecule has 1 aromatic rings. The Morgan fingerprint density at radius 3 is 2.93 bits per heavy atom. The highest BCUT2D eigenvalue weighted by molar-refractivity contribution is 5.00. The molecule has 1 aliphatic rings. The molecule has 0 amide bonds. The van der Waals surface area contributed by atoms with Crippen molar-refractivity contribution in [2.45, 2.75) is 37.4 Å². The second-order valence-electron chi connectivity index (χ2n) is 4.27. The Bertz CT molecular complexity index is 315. The lowest BCUT2D eigenvalue weighted by Crippen LogP contribution is -2.48. The highest BCUT2D eigenvalue weighted by atomic mass is 19.1. The van der Waals surface area contributed by atoms with Gasteiger partial charge in [0.05, 0.1) is 0 Å². The lowest BCUT2D eigenvalue weighted by molar-refractivity contribution is 0.0347. The third-order valence-corrected chi connectivity index (χ3v) is 2.97. The van der Waals surface area contributed by atoms with Crippen molar-refractivity contribution in [3.05, 3.63) is 18.2 Å². The Balaban J connectivity index is 1.86. The van der Waals surface area contributed by atoms with Crippen LogP contribution in [0.25, 0.3) is 0 Å². The molecule has 0 spiro atoms. The summed E-state index contributed by atoms with van der Waals surface area (Å²) in [6.07, 6.45) is 5.90. The van der Waals surface area contributed by atoms with E-state index in [4.69, 9.17) is 5.73 Å². The van der Waals surface area contributed by atoms with Gasteiger partial charge in [-0.15, -0.1) is 0 Å². The molecule has 1 heterocycles. The Labute approximate surface area is 83.1 Å². The first-order chi connectivity index (χ1) is 6.59. The molecule has 0 aromatic carbocycles. The first-order valence-electron chi connectivity index (χ1n) is 5.00. The Hall–Kier alpha value is -0.900. The van der Waals surface area contributed by atoms with Gasteiger partial charge in [0.1, 0.15) is 11.5 Å². The van der Waals surface area contributed by atoms with E-state index in [1.807, 2.05) is 17.8 Å². The maximum absolute atomic E-state index is 13.8. The Kier molecular flexibility index (Phi) is 2.31. The minimum absolute atomic E-state index is 0.0707. The fourth-order valence-electron chi connectivity index (χ4n) is 2.06. The van der Waals surface area contributed by atoms with Gasteiger partial charge in [0.25, 0.3) is 0 Å². The van der Waals surface area contributed by atoms with Crippen LogP contribution in [0.4, 0.5) is 4.39 Å². The normalized spacial score (nSPS) is 31.5. The van der Waals surface area contributed by atoms with Crippen LogP contribution in [-0.4, -0.2) is 21.3 Å². The first kappa shape index (κ1) is 9.65. The monoisotopic (exact) mass is 197 g/mol. The molecule has 1 saturated carbocycles. The fourth-order valence-corrected chi connectivity index (χ4v) is 2.06. The van der Waals surface area contributed by atoms with Crippen LogP contribution >= 0.6 is 0 Å². The largest absolute Gasteiger partial charge is 0.338 e. The van der Waals surface area contributed by atoms with Crippen LogP contribution in [0.3, 0.4) is 0 Å². The number of hydrogen-bond donors (Lipinski definition) is 1. The molecular formula is C10H16FN3. The maximum atomic E-state index is 13.8. The summed E-state index contributed by atoms with van der Waals surface area (Å²) in [4.78, 5) is 4.16. The second-order valence-corrected chi connectivity index (χ2v) is 4.27. The van der Waals surface area contributed by atoms with Crippen LogP contribution in [0.2, 0.25) is 0 Å². The van der Waals surface area contributed by atoms with Crippen molar-refractivity contribution < 1.29 is 4.39 Å². The van der Waals surface area contributed by atoms with E-state index in [0.29, 0.717) is 25.7 Å². The van der Waals surface area contributed by atoms with Gasteiger partial charge in [-0.1, -0.05) is 0 Å². The highest BCUT2D eigenvalue weighted by Gasteiger charge is 2.42. The van der Waals surface area contributed by atoms with Crippen molar-refractivity contribution in [2.24, 2.45) is 12.8 Å². The van der Waals surface area contributed by atoms with E-state index in [9.17, 15) is 4.39 Å². The van der Waals surface area contributed by atoms with Crippen molar-refractivity contribution in [3.8, 4) is 0 Å². The van der Waals surface area contributed by atoms with Gasteiger partial charge in [-0.3, -0.25) is 0 Å². The molecule has 0 unspecified atom stereocenters. The van der Waals surface area contributed by atoms with Crippen molar-refractivity contribution in [1.82, 2.24) is 9.55 Å². The summed E-state index contributed by atoms with van der Waals surface area (Å²) in [5, 5.41) is 0. The van der Waals surface area contributed by atoms with Crippen molar-refractivity contribution in [3.63, 3.8) is 0 Å². The molecule has 3 nitrogen and oxygen atoms in total. The lowest BCUT2D eigenvalue weighted by atomic mass is 9.75. The number of rotatable bonds is 3. The van der Waals surface area contributed by atoms with Gasteiger partial charge in [-0.25, -0.2) is 9.37 Å². The molecule has 1 fully saturated rings. The first-order valence-corrected chi connectivity index (χ1v) is 5.00. The summed E-state index contributed by atoms with van der Waals surface area (Å²) < 4.78 is 15.7. The molecule has 0 saturated heterocycles. The van der Waals surface area contributed by atoms with Gasteiger partial charge in [0.15, 0.2) is 0 Å². The van der Waals surface area contributed by atoms with Gasteiger partial charge in [-0.05, 0) is 19.3 Å². The Morgan fingerprint density at radius 2 is 2.43 bits per heavy atom. The number of aryl methyl sites for hydroxylation is 2. The van der Waals surface area contributed by atoms with Crippen LogP contribution in [0.5, 0.6) is 0 Å². The van der Waals surface area contributed by atoms with E-state index in [0.717, 1.165) is 5.82 Å². The van der Waals surface area contributed by atoms with E-state index >= 15 is 0 Å². The molecule has 0 bridgehead atoms. The highest BCUT2D eigenvalue weighted by Crippen LogP contribution is 2.38. The zero-order chi connectivity index (χ0) is 10.2. The second kappa shape index (κ2) is 3.35. The molecule has 0 radical (unpaired) electrons. The maximum Gasteiger partial charge on any atom is 0.114 e. The zero-order valence-corrected chi connectivity index (χ0v) is 8.41. The SMILES string of the molecule is Cn1ccnc1CCC1(F)CC(N)C1. The van der Waals surface area contributed by atoms with Crippen molar-refractivity contribution in [2.75, 3.05) is 0 Å². The van der Waals surface area contributed by atoms with Gasteiger partial charge in [-0.2, -0.15) is 0 Å². The number of imidazole rings is 1. The summed E-state index contributed by atoms with van der Waals surface area (Å²) in [7, 11) is 1.93. The number of halogens is 1. The van der Waals surface area contributed by atoms with Gasteiger partial charge in [0.2, 0.25) is 0 Å². The molecule has 0 aliphatic heterocycles. The molecule has 0 atom stereocenters. The molecule has 1 aliphatic carbocycles. The quantitative estimate of drug-likeness (QED) is 0.790. The van der Waals surface area contributed by atoms with Crippen molar-refractivity contribution >= 4 is 0 Å². The summed E-state index contributed by atoms with van der Waals surface area (Å²) in [6, 6.07) is 0.0707. The topological polar surface area (TPSA) is 43.8 Å². The summed E-state index contributed by atoms with van der Waals surface area (Å²) >= 11 is 0. The number of hydrogen-bond acceptors (Lipinski definition) is 2. The van der Waals surface area contributed by atoms with Gasteiger partial charge < -0.3 is 10.3 Å². The Morgan fingerprint density at radius 1 is 1.71 bits per heavy atom. The minimum Gasteiger partial charge on any atom is -0.338 e. The smallest absolute Gasteiger partial charge is 0.114 e. The third kappa shape index (κ3) is 1.80. The number of nitrogens with zero attached hydrogens (tertiary/aromatic N) is 2.